The van der Waals surface area contributed by atoms with Gasteiger partial charge in [-0.05, 0) is 35.6 Å². The Morgan fingerprint density at radius 2 is 1.15 bits per heavy atom. The molecule has 1 fully saturated rings. The van der Waals surface area contributed by atoms with E-state index >= 15 is 0 Å². The van der Waals surface area contributed by atoms with Crippen LogP contribution in [0.25, 0.3) is 6.08 Å². The summed E-state index contributed by atoms with van der Waals surface area (Å²) in [4.78, 5) is 15.3. The molecule has 3 aromatic rings. The molecule has 27 heavy (non-hydrogen) atoms. The number of hydrogen-bond donors (Lipinski definition) is 0. The molecule has 0 radical (unpaired) electrons. The lowest BCUT2D eigenvalue weighted by atomic mass is 10.0. The van der Waals surface area contributed by atoms with Gasteiger partial charge in [-0.25, -0.2) is 0 Å². The number of likely N-dealkylation sites (tertiary alicyclic amines) is 1. The predicted molar refractivity (Wildman–Crippen MR) is 110 cm³/mol. The van der Waals surface area contributed by atoms with Crippen molar-refractivity contribution in [2.24, 2.45) is 0 Å². The monoisotopic (exact) mass is 353 g/mol. The first-order chi connectivity index (χ1) is 13.3. The van der Waals surface area contributed by atoms with Gasteiger partial charge in [0.2, 0.25) is 5.91 Å². The Bertz CT molecular complexity index is 855. The smallest absolute Gasteiger partial charge is 0.247 e. The van der Waals surface area contributed by atoms with E-state index in [0.717, 1.165) is 18.4 Å². The van der Waals surface area contributed by atoms with Gasteiger partial charge in [-0.2, -0.15) is 0 Å². The molecule has 1 aliphatic heterocycles. The third kappa shape index (κ3) is 3.85. The second-order valence-electron chi connectivity index (χ2n) is 6.92. The number of benzene rings is 3. The van der Waals surface area contributed by atoms with Crippen LogP contribution in [0.1, 0.15) is 41.6 Å². The van der Waals surface area contributed by atoms with Gasteiger partial charge in [0, 0.05) is 6.08 Å². The molecule has 0 N–H and O–H groups in total. The molecule has 134 valence electrons. The van der Waals surface area contributed by atoms with Gasteiger partial charge in [0.25, 0.3) is 0 Å². The normalized spacial score (nSPS) is 19.5. The Labute approximate surface area is 160 Å². The van der Waals surface area contributed by atoms with Crippen molar-refractivity contribution in [3.05, 3.63) is 114 Å². The summed E-state index contributed by atoms with van der Waals surface area (Å²) >= 11 is 0. The van der Waals surface area contributed by atoms with E-state index in [1.165, 1.54) is 11.1 Å². The summed E-state index contributed by atoms with van der Waals surface area (Å²) in [5, 5.41) is 0. The Morgan fingerprint density at radius 3 is 1.63 bits per heavy atom. The van der Waals surface area contributed by atoms with Gasteiger partial charge in [-0.1, -0.05) is 91.0 Å². The second kappa shape index (κ2) is 8.05. The Balaban J connectivity index is 1.65. The molecular weight excluding hydrogens is 330 g/mol. The fourth-order valence-electron chi connectivity index (χ4n) is 3.94. The van der Waals surface area contributed by atoms with E-state index in [-0.39, 0.29) is 18.0 Å². The highest BCUT2D eigenvalue weighted by Crippen LogP contribution is 2.44. The first-order valence-corrected chi connectivity index (χ1v) is 9.48. The first kappa shape index (κ1) is 17.3. The largest absolute Gasteiger partial charge is 0.325 e. The molecular formula is C25H23NO. The maximum atomic E-state index is 13.2. The number of nitrogens with zero attached hydrogens (tertiary/aromatic N) is 1. The van der Waals surface area contributed by atoms with E-state index in [9.17, 15) is 4.79 Å². The van der Waals surface area contributed by atoms with Crippen LogP contribution in [0.2, 0.25) is 0 Å². The van der Waals surface area contributed by atoms with E-state index in [2.05, 4.69) is 29.2 Å². The number of hydrogen-bond acceptors (Lipinski definition) is 1. The van der Waals surface area contributed by atoms with Gasteiger partial charge in [0.1, 0.15) is 0 Å². The number of amides is 1. The van der Waals surface area contributed by atoms with E-state index in [1.807, 2.05) is 72.8 Å². The molecule has 1 amide bonds. The summed E-state index contributed by atoms with van der Waals surface area (Å²) < 4.78 is 0. The molecule has 2 nitrogen and oxygen atoms in total. The Hall–Kier alpha value is -3.13. The fraction of sp³-hybridized carbons (Fsp3) is 0.160. The molecule has 0 aromatic heterocycles. The van der Waals surface area contributed by atoms with Crippen LogP contribution in [0.3, 0.4) is 0 Å². The van der Waals surface area contributed by atoms with Gasteiger partial charge in [-0.3, -0.25) is 4.79 Å². The SMILES string of the molecule is O=C(/C=C/c1ccccc1)N1[C@H](c2ccccc2)CC[C@H]1c1ccccc1. The molecule has 4 rings (SSSR count). The van der Waals surface area contributed by atoms with Crippen LogP contribution < -0.4 is 0 Å². The Kier molecular flexibility index (Phi) is 5.15. The molecule has 0 bridgehead atoms. The van der Waals surface area contributed by atoms with E-state index in [1.54, 1.807) is 6.08 Å². The highest BCUT2D eigenvalue weighted by Gasteiger charge is 2.37. The third-order valence-electron chi connectivity index (χ3n) is 5.23. The highest BCUT2D eigenvalue weighted by atomic mass is 16.2. The van der Waals surface area contributed by atoms with Crippen molar-refractivity contribution in [2.45, 2.75) is 24.9 Å². The van der Waals surface area contributed by atoms with Crippen LogP contribution in [-0.4, -0.2) is 10.8 Å². The molecule has 1 heterocycles. The highest BCUT2D eigenvalue weighted by molar-refractivity contribution is 5.92. The van der Waals surface area contributed by atoms with E-state index in [0.29, 0.717) is 0 Å². The minimum absolute atomic E-state index is 0.0686. The van der Waals surface area contributed by atoms with Crippen molar-refractivity contribution in [1.82, 2.24) is 4.90 Å². The molecule has 0 saturated carbocycles. The third-order valence-corrected chi connectivity index (χ3v) is 5.23. The summed E-state index contributed by atoms with van der Waals surface area (Å²) in [5.74, 6) is 0.0686. The second-order valence-corrected chi connectivity index (χ2v) is 6.92. The lowest BCUT2D eigenvalue weighted by molar-refractivity contribution is -0.129. The van der Waals surface area contributed by atoms with Gasteiger partial charge in [0.05, 0.1) is 12.1 Å². The summed E-state index contributed by atoms with van der Waals surface area (Å²) in [6.45, 7) is 0. The summed E-state index contributed by atoms with van der Waals surface area (Å²) in [6.07, 6.45) is 5.58. The summed E-state index contributed by atoms with van der Waals surface area (Å²) in [7, 11) is 0. The average Bonchev–Trinajstić information content (AvgIpc) is 3.19. The topological polar surface area (TPSA) is 20.3 Å². The number of rotatable bonds is 4. The standard InChI is InChI=1S/C25H23NO/c27-25(19-16-20-10-4-1-5-11-20)26-23(21-12-6-2-7-13-21)17-18-24(26)22-14-8-3-9-15-22/h1-16,19,23-24H,17-18H2/b19-16+/t23-,24-/m0/s1. The van der Waals surface area contributed by atoms with Crippen molar-refractivity contribution in [3.63, 3.8) is 0 Å². The number of carbonyl (C=O) groups excluding carboxylic acids is 1. The summed E-state index contributed by atoms with van der Waals surface area (Å²) in [5.41, 5.74) is 3.45. The zero-order chi connectivity index (χ0) is 18.5. The zero-order valence-corrected chi connectivity index (χ0v) is 15.2. The van der Waals surface area contributed by atoms with Crippen molar-refractivity contribution >= 4 is 12.0 Å². The first-order valence-electron chi connectivity index (χ1n) is 9.48. The Morgan fingerprint density at radius 1 is 0.704 bits per heavy atom. The van der Waals surface area contributed by atoms with Gasteiger partial charge in [0.15, 0.2) is 0 Å². The fourth-order valence-corrected chi connectivity index (χ4v) is 3.94. The molecule has 0 aliphatic carbocycles. The van der Waals surface area contributed by atoms with E-state index in [4.69, 9.17) is 0 Å². The van der Waals surface area contributed by atoms with Gasteiger partial charge >= 0.3 is 0 Å². The predicted octanol–water partition coefficient (Wildman–Crippen LogP) is 5.80. The van der Waals surface area contributed by atoms with Crippen LogP contribution in [0.15, 0.2) is 97.1 Å². The van der Waals surface area contributed by atoms with Crippen LogP contribution >= 0.6 is 0 Å². The lowest BCUT2D eigenvalue weighted by Crippen LogP contribution is -2.31. The maximum absolute atomic E-state index is 13.2. The average molecular weight is 353 g/mol. The lowest BCUT2D eigenvalue weighted by Gasteiger charge is -2.30. The van der Waals surface area contributed by atoms with Crippen molar-refractivity contribution in [1.29, 1.82) is 0 Å². The van der Waals surface area contributed by atoms with Crippen LogP contribution in [-0.2, 0) is 4.79 Å². The number of carbonyl (C=O) groups is 1. The van der Waals surface area contributed by atoms with Crippen LogP contribution in [0, 0.1) is 0 Å². The minimum Gasteiger partial charge on any atom is -0.325 e. The molecule has 0 spiro atoms. The van der Waals surface area contributed by atoms with Crippen LogP contribution in [0.5, 0.6) is 0 Å². The van der Waals surface area contributed by atoms with Crippen molar-refractivity contribution < 1.29 is 4.79 Å². The van der Waals surface area contributed by atoms with Gasteiger partial charge < -0.3 is 4.90 Å². The summed E-state index contributed by atoms with van der Waals surface area (Å²) in [6, 6.07) is 30.9. The molecule has 2 heteroatoms. The van der Waals surface area contributed by atoms with Gasteiger partial charge in [-0.15, -0.1) is 0 Å². The van der Waals surface area contributed by atoms with Crippen molar-refractivity contribution in [2.75, 3.05) is 0 Å². The maximum Gasteiger partial charge on any atom is 0.247 e. The quantitative estimate of drug-likeness (QED) is 0.542. The van der Waals surface area contributed by atoms with E-state index < -0.39 is 0 Å². The minimum atomic E-state index is 0.0686. The zero-order valence-electron chi connectivity index (χ0n) is 15.2. The molecule has 2 atom stereocenters. The van der Waals surface area contributed by atoms with Crippen molar-refractivity contribution in [3.8, 4) is 0 Å². The van der Waals surface area contributed by atoms with Crippen LogP contribution in [0.4, 0.5) is 0 Å². The molecule has 3 aromatic carbocycles. The molecule has 0 unspecified atom stereocenters. The molecule has 1 saturated heterocycles. The molecule has 1 aliphatic rings.